The molecule has 0 amide bonds. The van der Waals surface area contributed by atoms with Gasteiger partial charge in [0.25, 0.3) is 0 Å². The Labute approximate surface area is 66.9 Å². The molecule has 0 aromatic carbocycles. The molecule has 1 aromatic heterocycles. The predicted octanol–water partition coefficient (Wildman–Crippen LogP) is 1.13. The van der Waals surface area contributed by atoms with Gasteiger partial charge in [-0.15, -0.1) is 0 Å². The summed E-state index contributed by atoms with van der Waals surface area (Å²) in [4.78, 5) is 3.86. The van der Waals surface area contributed by atoms with Crippen LogP contribution < -0.4 is 5.73 Å². The number of nitrogens with one attached hydrogen (secondary N) is 1. The lowest BCUT2D eigenvalue weighted by molar-refractivity contribution is 1.25. The summed E-state index contributed by atoms with van der Waals surface area (Å²) >= 11 is 3.24. The van der Waals surface area contributed by atoms with E-state index in [1.165, 1.54) is 0 Å². The molecule has 0 saturated heterocycles. The third-order valence-electron chi connectivity index (χ3n) is 0.998. The van der Waals surface area contributed by atoms with Crippen LogP contribution in [0.5, 0.6) is 0 Å². The van der Waals surface area contributed by atoms with Gasteiger partial charge in [0.05, 0.1) is 0 Å². The summed E-state index contributed by atoms with van der Waals surface area (Å²) in [5.74, 6) is -0.0127. The number of nitrogens with zero attached hydrogens (tertiary/aromatic N) is 1. The van der Waals surface area contributed by atoms with Crippen molar-refractivity contribution in [2.45, 2.75) is 0 Å². The van der Waals surface area contributed by atoms with E-state index in [1.807, 2.05) is 0 Å². The van der Waals surface area contributed by atoms with Gasteiger partial charge in [0.2, 0.25) is 0 Å². The molecule has 0 aliphatic heterocycles. The Kier molecular flexibility index (Phi) is 2.01. The Morgan fingerprint density at radius 3 is 2.80 bits per heavy atom. The minimum absolute atomic E-state index is 0.0127. The molecule has 0 aliphatic rings. The zero-order valence-electron chi connectivity index (χ0n) is 5.13. The number of halogens is 1. The number of rotatable bonds is 1. The average molecular weight is 200 g/mol. The first-order valence-corrected chi connectivity index (χ1v) is 3.45. The quantitative estimate of drug-likeness (QED) is 0.527. The first-order valence-electron chi connectivity index (χ1n) is 2.66. The first-order chi connectivity index (χ1) is 4.70. The molecule has 4 heteroatoms. The molecule has 0 fully saturated rings. The number of hydrogen-bond donors (Lipinski definition) is 2. The van der Waals surface area contributed by atoms with Crippen molar-refractivity contribution in [3.63, 3.8) is 0 Å². The van der Waals surface area contributed by atoms with Crippen molar-refractivity contribution < 1.29 is 0 Å². The van der Waals surface area contributed by atoms with E-state index in [1.54, 1.807) is 18.3 Å². The summed E-state index contributed by atoms with van der Waals surface area (Å²) in [5.41, 5.74) is 5.68. The van der Waals surface area contributed by atoms with Crippen molar-refractivity contribution in [3.05, 3.63) is 28.5 Å². The Morgan fingerprint density at radius 2 is 2.40 bits per heavy atom. The van der Waals surface area contributed by atoms with Crippen LogP contribution in [0.3, 0.4) is 0 Å². The molecule has 1 aromatic rings. The van der Waals surface area contributed by atoms with Crippen LogP contribution in [0.4, 0.5) is 0 Å². The summed E-state index contributed by atoms with van der Waals surface area (Å²) < 4.78 is 0.882. The lowest BCUT2D eigenvalue weighted by Crippen LogP contribution is -2.12. The van der Waals surface area contributed by atoms with Gasteiger partial charge in [-0.1, -0.05) is 15.9 Å². The smallest absolute Gasteiger partial charge is 0.141 e. The average Bonchev–Trinajstić information content (AvgIpc) is 1.88. The molecule has 0 spiro atoms. The largest absolute Gasteiger partial charge is 0.382 e. The summed E-state index contributed by atoms with van der Waals surface area (Å²) in [6, 6.07) is 3.48. The number of nitrogen functional groups attached to an aromatic ring is 1. The van der Waals surface area contributed by atoms with E-state index in [-0.39, 0.29) is 5.84 Å². The van der Waals surface area contributed by atoms with Crippen LogP contribution in [-0.2, 0) is 0 Å². The highest BCUT2D eigenvalue weighted by Crippen LogP contribution is 2.07. The zero-order chi connectivity index (χ0) is 7.56. The molecule has 1 heterocycles. The summed E-state index contributed by atoms with van der Waals surface area (Å²) in [5, 5.41) is 7.03. The van der Waals surface area contributed by atoms with E-state index in [9.17, 15) is 0 Å². The van der Waals surface area contributed by atoms with Gasteiger partial charge in [0.1, 0.15) is 11.5 Å². The van der Waals surface area contributed by atoms with E-state index in [4.69, 9.17) is 11.1 Å². The number of aromatic nitrogens is 1. The van der Waals surface area contributed by atoms with E-state index >= 15 is 0 Å². The van der Waals surface area contributed by atoms with Gasteiger partial charge in [-0.25, -0.2) is 0 Å². The summed E-state index contributed by atoms with van der Waals surface area (Å²) in [6.45, 7) is 0. The van der Waals surface area contributed by atoms with E-state index in [2.05, 4.69) is 20.9 Å². The lowest BCUT2D eigenvalue weighted by Gasteiger charge is -1.95. The van der Waals surface area contributed by atoms with Gasteiger partial charge in [-0.3, -0.25) is 10.4 Å². The minimum Gasteiger partial charge on any atom is -0.382 e. The number of hydrogen-bond acceptors (Lipinski definition) is 2. The van der Waals surface area contributed by atoms with E-state index < -0.39 is 0 Å². The summed E-state index contributed by atoms with van der Waals surface area (Å²) in [6.07, 6.45) is 1.60. The van der Waals surface area contributed by atoms with Crippen molar-refractivity contribution in [1.29, 1.82) is 5.41 Å². The molecule has 3 nitrogen and oxygen atoms in total. The molecule has 0 atom stereocenters. The van der Waals surface area contributed by atoms with E-state index in [0.717, 1.165) is 4.47 Å². The third-order valence-corrected chi connectivity index (χ3v) is 1.49. The summed E-state index contributed by atoms with van der Waals surface area (Å²) in [7, 11) is 0. The second kappa shape index (κ2) is 2.79. The topological polar surface area (TPSA) is 62.8 Å². The van der Waals surface area contributed by atoms with Crippen molar-refractivity contribution in [1.82, 2.24) is 4.98 Å². The van der Waals surface area contributed by atoms with Gasteiger partial charge >= 0.3 is 0 Å². The number of pyridine rings is 1. The van der Waals surface area contributed by atoms with Crippen molar-refractivity contribution in [3.8, 4) is 0 Å². The number of nitrogens with two attached hydrogens (primary N) is 1. The molecule has 0 bridgehead atoms. The lowest BCUT2D eigenvalue weighted by atomic mass is 10.3. The zero-order valence-corrected chi connectivity index (χ0v) is 6.72. The van der Waals surface area contributed by atoms with E-state index in [0.29, 0.717) is 5.69 Å². The Morgan fingerprint density at radius 1 is 1.70 bits per heavy atom. The van der Waals surface area contributed by atoms with Crippen LogP contribution in [0.1, 0.15) is 5.69 Å². The minimum atomic E-state index is -0.0127. The second-order valence-electron chi connectivity index (χ2n) is 1.77. The molecular weight excluding hydrogens is 194 g/mol. The van der Waals surface area contributed by atoms with Gasteiger partial charge < -0.3 is 5.73 Å². The van der Waals surface area contributed by atoms with Crippen molar-refractivity contribution in [2.75, 3.05) is 0 Å². The molecule has 0 saturated carbocycles. The fourth-order valence-corrected chi connectivity index (χ4v) is 0.887. The molecule has 52 valence electrons. The maximum absolute atomic E-state index is 7.03. The fraction of sp³-hybridized carbons (Fsp3) is 0. The van der Waals surface area contributed by atoms with Crippen molar-refractivity contribution >= 4 is 21.8 Å². The normalized spacial score (nSPS) is 9.30. The second-order valence-corrected chi connectivity index (χ2v) is 2.69. The van der Waals surface area contributed by atoms with Gasteiger partial charge in [-0.05, 0) is 12.1 Å². The maximum atomic E-state index is 7.03. The fourth-order valence-electron chi connectivity index (χ4n) is 0.552. The Balaban J connectivity index is 3.07. The highest BCUT2D eigenvalue weighted by Gasteiger charge is 1.95. The van der Waals surface area contributed by atoms with Crippen molar-refractivity contribution in [2.24, 2.45) is 5.73 Å². The highest BCUT2D eigenvalue weighted by molar-refractivity contribution is 9.10. The maximum Gasteiger partial charge on any atom is 0.141 e. The Bertz CT molecular complexity index is 259. The molecule has 1 rings (SSSR count). The Hall–Kier alpha value is -0.900. The SMILES string of the molecule is N=C(N)c1cc(Br)ccn1. The van der Waals surface area contributed by atoms with Crippen LogP contribution in [-0.4, -0.2) is 10.8 Å². The predicted molar refractivity (Wildman–Crippen MR) is 43.0 cm³/mol. The van der Waals surface area contributed by atoms with Crippen LogP contribution in [0, 0.1) is 5.41 Å². The highest BCUT2D eigenvalue weighted by atomic mass is 79.9. The monoisotopic (exact) mass is 199 g/mol. The number of amidine groups is 1. The van der Waals surface area contributed by atoms with Gasteiger partial charge in [0.15, 0.2) is 0 Å². The van der Waals surface area contributed by atoms with Crippen LogP contribution in [0.2, 0.25) is 0 Å². The molecular formula is C6H6BrN3. The standard InChI is InChI=1S/C6H6BrN3/c7-4-1-2-10-5(3-4)6(8)9/h1-3H,(H3,8,9). The molecule has 0 unspecified atom stereocenters. The molecule has 0 aliphatic carbocycles. The van der Waals surface area contributed by atoms with Crippen LogP contribution >= 0.6 is 15.9 Å². The molecule has 10 heavy (non-hydrogen) atoms. The van der Waals surface area contributed by atoms with Gasteiger partial charge in [-0.2, -0.15) is 0 Å². The molecule has 3 N–H and O–H groups in total. The molecule has 0 radical (unpaired) electrons. The van der Waals surface area contributed by atoms with Crippen LogP contribution in [0.25, 0.3) is 0 Å². The van der Waals surface area contributed by atoms with Crippen LogP contribution in [0.15, 0.2) is 22.8 Å². The van der Waals surface area contributed by atoms with Gasteiger partial charge in [0, 0.05) is 10.7 Å². The first kappa shape index (κ1) is 7.21. The third kappa shape index (κ3) is 1.54.